The maximum absolute atomic E-state index is 10.0. The van der Waals surface area contributed by atoms with E-state index in [1.165, 1.54) is 0 Å². The van der Waals surface area contributed by atoms with Gasteiger partial charge in [0.2, 0.25) is 0 Å². The van der Waals surface area contributed by atoms with Gasteiger partial charge in [0, 0.05) is 30.2 Å². The minimum Gasteiger partial charge on any atom is -0.387 e. The molecule has 1 rings (SSSR count). The Kier molecular flexibility index (Phi) is 6.25. The lowest BCUT2D eigenvalue weighted by atomic mass is 10.1. The smallest absolute Gasteiger partial charge is 0.191 e. The Morgan fingerprint density at radius 3 is 2.39 bits per heavy atom. The fraction of sp³-hybridized carbons (Fsp3) is 0.417. The van der Waals surface area contributed by atoms with Crippen molar-refractivity contribution < 1.29 is 5.11 Å². The zero-order chi connectivity index (χ0) is 13.5. The lowest BCUT2D eigenvalue weighted by molar-refractivity contribution is 0.181. The van der Waals surface area contributed by atoms with Crippen molar-refractivity contribution in [1.82, 2.24) is 10.6 Å². The number of benzene rings is 1. The molecule has 0 heterocycles. The Morgan fingerprint density at radius 1 is 1.28 bits per heavy atom. The van der Waals surface area contributed by atoms with Gasteiger partial charge in [-0.05, 0) is 30.7 Å². The number of hydrogen-bond acceptors (Lipinski definition) is 2. The highest BCUT2D eigenvalue weighted by atomic mass is 35.5. The molecule has 0 aliphatic carbocycles. The van der Waals surface area contributed by atoms with E-state index in [1.807, 2.05) is 6.92 Å². The molecule has 1 aromatic rings. The summed E-state index contributed by atoms with van der Waals surface area (Å²) in [7, 11) is 1.67. The van der Waals surface area contributed by atoms with Gasteiger partial charge in [0.25, 0.3) is 0 Å². The largest absolute Gasteiger partial charge is 0.387 e. The van der Waals surface area contributed by atoms with Crippen molar-refractivity contribution in [2.24, 2.45) is 4.99 Å². The van der Waals surface area contributed by atoms with Crippen molar-refractivity contribution >= 4 is 29.2 Å². The van der Waals surface area contributed by atoms with Gasteiger partial charge in [-0.1, -0.05) is 23.2 Å². The van der Waals surface area contributed by atoms with Crippen LogP contribution in [0.3, 0.4) is 0 Å². The van der Waals surface area contributed by atoms with Crippen LogP contribution in [-0.2, 0) is 0 Å². The van der Waals surface area contributed by atoms with Crippen LogP contribution >= 0.6 is 23.2 Å². The van der Waals surface area contributed by atoms with Gasteiger partial charge in [-0.2, -0.15) is 0 Å². The highest BCUT2D eigenvalue weighted by Gasteiger charge is 2.10. The van der Waals surface area contributed by atoms with Gasteiger partial charge in [0.15, 0.2) is 5.96 Å². The maximum atomic E-state index is 10.0. The lowest BCUT2D eigenvalue weighted by Gasteiger charge is -2.15. The molecule has 6 heteroatoms. The van der Waals surface area contributed by atoms with Gasteiger partial charge in [-0.3, -0.25) is 4.99 Å². The number of guanidine groups is 1. The van der Waals surface area contributed by atoms with Crippen molar-refractivity contribution in [1.29, 1.82) is 0 Å². The summed E-state index contributed by atoms with van der Waals surface area (Å²) in [5.74, 6) is 0.643. The zero-order valence-electron chi connectivity index (χ0n) is 10.4. The molecule has 0 fully saturated rings. The molecule has 0 saturated heterocycles. The van der Waals surface area contributed by atoms with Gasteiger partial charge in [0.1, 0.15) is 0 Å². The topological polar surface area (TPSA) is 56.7 Å². The molecule has 0 aliphatic rings. The number of hydrogen-bond donors (Lipinski definition) is 3. The van der Waals surface area contributed by atoms with Crippen LogP contribution < -0.4 is 10.6 Å². The second kappa shape index (κ2) is 7.46. The van der Waals surface area contributed by atoms with E-state index in [9.17, 15) is 5.11 Å². The van der Waals surface area contributed by atoms with E-state index in [4.69, 9.17) is 23.2 Å². The summed E-state index contributed by atoms with van der Waals surface area (Å²) in [5.41, 5.74) is 0.673. The van der Waals surface area contributed by atoms with Crippen LogP contribution in [-0.4, -0.2) is 31.2 Å². The van der Waals surface area contributed by atoms with Crippen LogP contribution in [0.4, 0.5) is 0 Å². The highest BCUT2D eigenvalue weighted by molar-refractivity contribution is 6.34. The zero-order valence-corrected chi connectivity index (χ0v) is 11.9. The summed E-state index contributed by atoms with van der Waals surface area (Å²) in [4.78, 5) is 4.01. The van der Waals surface area contributed by atoms with Crippen LogP contribution in [0.1, 0.15) is 18.6 Å². The summed E-state index contributed by atoms with van der Waals surface area (Å²) < 4.78 is 0. The van der Waals surface area contributed by atoms with Crippen molar-refractivity contribution in [2.45, 2.75) is 13.0 Å². The quantitative estimate of drug-likeness (QED) is 0.588. The molecule has 1 unspecified atom stereocenters. The lowest BCUT2D eigenvalue weighted by Crippen LogP contribution is -2.39. The maximum Gasteiger partial charge on any atom is 0.191 e. The standard InChI is InChI=1S/C12H17Cl2N3O/c1-3-16-12(15-2)17-7-11(18)8-4-9(13)6-10(14)5-8/h4-6,11,18H,3,7H2,1-2H3,(H2,15,16,17). The van der Waals surface area contributed by atoms with Gasteiger partial charge in [0.05, 0.1) is 6.10 Å². The summed E-state index contributed by atoms with van der Waals surface area (Å²) >= 11 is 11.8. The van der Waals surface area contributed by atoms with E-state index in [1.54, 1.807) is 25.2 Å². The minimum absolute atomic E-state index is 0.330. The van der Waals surface area contributed by atoms with E-state index in [-0.39, 0.29) is 0 Å². The summed E-state index contributed by atoms with van der Waals surface area (Å²) in [6.45, 7) is 3.06. The number of aliphatic imine (C=N–C) groups is 1. The monoisotopic (exact) mass is 289 g/mol. The summed E-state index contributed by atoms with van der Waals surface area (Å²) in [6, 6.07) is 5.01. The third kappa shape index (κ3) is 4.72. The number of nitrogens with zero attached hydrogens (tertiary/aromatic N) is 1. The van der Waals surface area contributed by atoms with Gasteiger partial charge in [-0.25, -0.2) is 0 Å². The normalized spacial score (nSPS) is 13.3. The van der Waals surface area contributed by atoms with E-state index in [2.05, 4.69) is 15.6 Å². The Labute approximate surface area is 117 Å². The molecule has 0 bridgehead atoms. The molecule has 0 radical (unpaired) electrons. The Bertz CT molecular complexity index is 404. The molecule has 0 spiro atoms. The van der Waals surface area contributed by atoms with Gasteiger partial charge in [-0.15, -0.1) is 0 Å². The third-order valence-electron chi connectivity index (χ3n) is 2.30. The molecule has 3 N–H and O–H groups in total. The summed E-state index contributed by atoms with van der Waals surface area (Å²) in [5, 5.41) is 17.1. The van der Waals surface area contributed by atoms with Crippen molar-refractivity contribution in [3.05, 3.63) is 33.8 Å². The number of rotatable bonds is 4. The fourth-order valence-corrected chi connectivity index (χ4v) is 2.01. The molecule has 0 aromatic heterocycles. The first-order chi connectivity index (χ1) is 8.56. The number of nitrogens with one attached hydrogen (secondary N) is 2. The molecule has 18 heavy (non-hydrogen) atoms. The molecular formula is C12H17Cl2N3O. The Morgan fingerprint density at radius 2 is 1.89 bits per heavy atom. The number of aliphatic hydroxyl groups excluding tert-OH is 1. The van der Waals surface area contributed by atoms with Gasteiger partial charge >= 0.3 is 0 Å². The molecule has 0 amide bonds. The van der Waals surface area contributed by atoms with E-state index >= 15 is 0 Å². The van der Waals surface area contributed by atoms with Crippen molar-refractivity contribution in [3.8, 4) is 0 Å². The average molecular weight is 290 g/mol. The first kappa shape index (κ1) is 15.1. The number of aliphatic hydroxyl groups is 1. The molecule has 1 aromatic carbocycles. The molecule has 0 saturated carbocycles. The highest BCUT2D eigenvalue weighted by Crippen LogP contribution is 2.23. The Hall–Kier alpha value is -0.970. The van der Waals surface area contributed by atoms with Crippen LogP contribution in [0.15, 0.2) is 23.2 Å². The van der Waals surface area contributed by atoms with Crippen LogP contribution in [0.25, 0.3) is 0 Å². The van der Waals surface area contributed by atoms with Crippen molar-refractivity contribution in [3.63, 3.8) is 0 Å². The van der Waals surface area contributed by atoms with E-state index in [0.29, 0.717) is 28.1 Å². The molecule has 0 aliphatic heterocycles. The van der Waals surface area contributed by atoms with Crippen molar-refractivity contribution in [2.75, 3.05) is 20.1 Å². The first-order valence-corrected chi connectivity index (χ1v) is 6.41. The minimum atomic E-state index is -0.698. The third-order valence-corrected chi connectivity index (χ3v) is 2.74. The SMILES string of the molecule is CCNC(=NC)NCC(O)c1cc(Cl)cc(Cl)c1. The predicted octanol–water partition coefficient (Wildman–Crippen LogP) is 2.21. The number of halogens is 2. The molecule has 100 valence electrons. The van der Waals surface area contributed by atoms with Gasteiger partial charge < -0.3 is 15.7 Å². The molecular weight excluding hydrogens is 273 g/mol. The summed E-state index contributed by atoms with van der Waals surface area (Å²) in [6.07, 6.45) is -0.698. The first-order valence-electron chi connectivity index (χ1n) is 5.65. The van der Waals surface area contributed by atoms with E-state index in [0.717, 1.165) is 6.54 Å². The average Bonchev–Trinajstić information content (AvgIpc) is 2.32. The molecule has 1 atom stereocenters. The Balaban J connectivity index is 2.62. The van der Waals surface area contributed by atoms with Crippen LogP contribution in [0.2, 0.25) is 10.0 Å². The second-order valence-electron chi connectivity index (χ2n) is 3.70. The van der Waals surface area contributed by atoms with Crippen LogP contribution in [0.5, 0.6) is 0 Å². The van der Waals surface area contributed by atoms with Crippen LogP contribution in [0, 0.1) is 0 Å². The second-order valence-corrected chi connectivity index (χ2v) is 4.57. The molecule has 4 nitrogen and oxygen atoms in total. The fourth-order valence-electron chi connectivity index (χ4n) is 1.47. The van der Waals surface area contributed by atoms with E-state index < -0.39 is 6.10 Å². The predicted molar refractivity (Wildman–Crippen MR) is 76.5 cm³/mol.